The average Bonchev–Trinajstić information content (AvgIpc) is 2.86. The number of nitrogens with two attached hydrogens (primary N) is 1. The van der Waals surface area contributed by atoms with E-state index in [-0.39, 0.29) is 6.04 Å². The molecule has 0 unspecified atom stereocenters. The van der Waals surface area contributed by atoms with Crippen molar-refractivity contribution in [1.29, 1.82) is 0 Å². The molecule has 2 aromatic heterocycles. The smallest absolute Gasteiger partial charge is 0.152 e. The van der Waals surface area contributed by atoms with Gasteiger partial charge < -0.3 is 15.2 Å². The standard InChI is InChI=1S/C12H16N6/c1-9(13)10-2-3-11(14-6-10)17-4-5-18-8-15-16-12(18)7-17/h2-3,6,8-9H,4-5,7,13H2,1H3/t9-/m1/s1. The lowest BCUT2D eigenvalue weighted by molar-refractivity contribution is 0.556. The molecule has 0 amide bonds. The lowest BCUT2D eigenvalue weighted by Crippen LogP contribution is -2.34. The summed E-state index contributed by atoms with van der Waals surface area (Å²) in [6, 6.07) is 4.08. The molecule has 2 aromatic rings. The van der Waals surface area contributed by atoms with Gasteiger partial charge in [-0.1, -0.05) is 6.07 Å². The van der Waals surface area contributed by atoms with Crippen LogP contribution in [-0.4, -0.2) is 26.3 Å². The summed E-state index contributed by atoms with van der Waals surface area (Å²) in [6.45, 7) is 4.54. The summed E-state index contributed by atoms with van der Waals surface area (Å²) in [4.78, 5) is 6.67. The van der Waals surface area contributed by atoms with Crippen molar-refractivity contribution in [2.24, 2.45) is 5.73 Å². The van der Waals surface area contributed by atoms with Crippen molar-refractivity contribution >= 4 is 5.82 Å². The monoisotopic (exact) mass is 244 g/mol. The number of anilines is 1. The Labute approximate surface area is 105 Å². The number of rotatable bonds is 2. The molecule has 3 heterocycles. The molecular weight excluding hydrogens is 228 g/mol. The summed E-state index contributed by atoms with van der Waals surface area (Å²) >= 11 is 0. The van der Waals surface area contributed by atoms with Crippen molar-refractivity contribution in [3.05, 3.63) is 36.0 Å². The molecule has 6 nitrogen and oxygen atoms in total. The lowest BCUT2D eigenvalue weighted by atomic mass is 10.1. The third-order valence-electron chi connectivity index (χ3n) is 3.26. The predicted octanol–water partition coefficient (Wildman–Crippen LogP) is 0.713. The van der Waals surface area contributed by atoms with E-state index in [1.807, 2.05) is 25.3 Å². The van der Waals surface area contributed by atoms with E-state index in [9.17, 15) is 0 Å². The topological polar surface area (TPSA) is 72.9 Å². The summed E-state index contributed by atoms with van der Waals surface area (Å²) in [7, 11) is 0. The summed E-state index contributed by atoms with van der Waals surface area (Å²) in [5, 5.41) is 8.02. The molecule has 1 atom stereocenters. The minimum absolute atomic E-state index is 0.0241. The molecule has 3 rings (SSSR count). The van der Waals surface area contributed by atoms with Gasteiger partial charge in [-0.05, 0) is 18.6 Å². The Balaban J connectivity index is 1.80. The third-order valence-corrected chi connectivity index (χ3v) is 3.26. The van der Waals surface area contributed by atoms with Crippen LogP contribution in [-0.2, 0) is 13.1 Å². The van der Waals surface area contributed by atoms with Crippen LogP contribution in [0.4, 0.5) is 5.82 Å². The normalized spacial score (nSPS) is 16.4. The predicted molar refractivity (Wildman–Crippen MR) is 67.9 cm³/mol. The van der Waals surface area contributed by atoms with E-state index in [0.717, 1.165) is 36.8 Å². The van der Waals surface area contributed by atoms with Crippen LogP contribution >= 0.6 is 0 Å². The van der Waals surface area contributed by atoms with Gasteiger partial charge in [0, 0.05) is 25.3 Å². The van der Waals surface area contributed by atoms with Gasteiger partial charge in [0.1, 0.15) is 12.1 Å². The van der Waals surface area contributed by atoms with Crippen LogP contribution in [0.2, 0.25) is 0 Å². The molecule has 1 aliphatic rings. The molecular formula is C12H16N6. The van der Waals surface area contributed by atoms with Crippen molar-refractivity contribution in [2.45, 2.75) is 26.1 Å². The highest BCUT2D eigenvalue weighted by atomic mass is 15.3. The minimum Gasteiger partial charge on any atom is -0.347 e. The number of pyridine rings is 1. The van der Waals surface area contributed by atoms with Crippen molar-refractivity contribution in [1.82, 2.24) is 19.7 Å². The molecule has 1 aliphatic heterocycles. The fourth-order valence-electron chi connectivity index (χ4n) is 2.12. The Morgan fingerprint density at radius 2 is 2.22 bits per heavy atom. The van der Waals surface area contributed by atoms with Gasteiger partial charge in [-0.3, -0.25) is 0 Å². The second-order valence-electron chi connectivity index (χ2n) is 4.60. The van der Waals surface area contributed by atoms with Crippen LogP contribution in [0.3, 0.4) is 0 Å². The molecule has 2 N–H and O–H groups in total. The van der Waals surface area contributed by atoms with Gasteiger partial charge in [-0.15, -0.1) is 10.2 Å². The Morgan fingerprint density at radius 3 is 2.94 bits per heavy atom. The highest BCUT2D eigenvalue weighted by Crippen LogP contribution is 2.19. The van der Waals surface area contributed by atoms with E-state index in [0.29, 0.717) is 0 Å². The Bertz CT molecular complexity index is 530. The molecule has 0 aliphatic carbocycles. The number of aromatic nitrogens is 4. The van der Waals surface area contributed by atoms with Crippen LogP contribution in [0.1, 0.15) is 24.4 Å². The first-order valence-electron chi connectivity index (χ1n) is 6.07. The molecule has 0 spiro atoms. The highest BCUT2D eigenvalue weighted by Gasteiger charge is 2.18. The largest absolute Gasteiger partial charge is 0.347 e. The molecule has 0 radical (unpaired) electrons. The summed E-state index contributed by atoms with van der Waals surface area (Å²) in [5.41, 5.74) is 6.87. The third kappa shape index (κ3) is 1.95. The molecule has 0 aromatic carbocycles. The summed E-state index contributed by atoms with van der Waals surface area (Å²) < 4.78 is 2.08. The Morgan fingerprint density at radius 1 is 1.33 bits per heavy atom. The zero-order valence-electron chi connectivity index (χ0n) is 10.3. The maximum Gasteiger partial charge on any atom is 0.152 e. The molecule has 0 bridgehead atoms. The van der Waals surface area contributed by atoms with Gasteiger partial charge in [-0.2, -0.15) is 0 Å². The lowest BCUT2D eigenvalue weighted by Gasteiger charge is -2.28. The molecule has 0 fully saturated rings. The van der Waals surface area contributed by atoms with Gasteiger partial charge in [0.15, 0.2) is 5.82 Å². The first-order valence-corrected chi connectivity index (χ1v) is 6.07. The zero-order chi connectivity index (χ0) is 12.5. The Hall–Kier alpha value is -1.95. The number of hydrogen-bond acceptors (Lipinski definition) is 5. The van der Waals surface area contributed by atoms with Crippen LogP contribution < -0.4 is 10.6 Å². The van der Waals surface area contributed by atoms with Gasteiger partial charge >= 0.3 is 0 Å². The van der Waals surface area contributed by atoms with Crippen LogP contribution in [0.5, 0.6) is 0 Å². The first-order chi connectivity index (χ1) is 8.74. The fraction of sp³-hybridized carbons (Fsp3) is 0.417. The van der Waals surface area contributed by atoms with Gasteiger partial charge in [0.25, 0.3) is 0 Å². The second kappa shape index (κ2) is 4.38. The van der Waals surface area contributed by atoms with E-state index in [2.05, 4.69) is 24.6 Å². The second-order valence-corrected chi connectivity index (χ2v) is 4.60. The van der Waals surface area contributed by atoms with E-state index in [1.165, 1.54) is 0 Å². The number of fused-ring (bicyclic) bond motifs is 1. The van der Waals surface area contributed by atoms with Crippen LogP contribution in [0.15, 0.2) is 24.7 Å². The van der Waals surface area contributed by atoms with Crippen LogP contribution in [0, 0.1) is 0 Å². The fourth-order valence-corrected chi connectivity index (χ4v) is 2.12. The van der Waals surface area contributed by atoms with Gasteiger partial charge in [-0.25, -0.2) is 4.98 Å². The van der Waals surface area contributed by atoms with Crippen LogP contribution in [0.25, 0.3) is 0 Å². The average molecular weight is 244 g/mol. The van der Waals surface area contributed by atoms with Crippen molar-refractivity contribution < 1.29 is 0 Å². The summed E-state index contributed by atoms with van der Waals surface area (Å²) in [5.74, 6) is 1.95. The van der Waals surface area contributed by atoms with E-state index < -0.39 is 0 Å². The van der Waals surface area contributed by atoms with E-state index >= 15 is 0 Å². The molecule has 0 saturated heterocycles. The zero-order valence-corrected chi connectivity index (χ0v) is 10.3. The molecule has 0 saturated carbocycles. The van der Waals surface area contributed by atoms with Gasteiger partial charge in [0.2, 0.25) is 0 Å². The van der Waals surface area contributed by atoms with Crippen molar-refractivity contribution in [3.63, 3.8) is 0 Å². The van der Waals surface area contributed by atoms with E-state index in [1.54, 1.807) is 6.33 Å². The SMILES string of the molecule is C[C@@H](N)c1ccc(N2CCn3cnnc3C2)nc1. The minimum atomic E-state index is 0.0241. The molecule has 18 heavy (non-hydrogen) atoms. The van der Waals surface area contributed by atoms with Gasteiger partial charge in [0.05, 0.1) is 6.54 Å². The Kier molecular flexibility index (Phi) is 2.71. The quantitative estimate of drug-likeness (QED) is 0.842. The van der Waals surface area contributed by atoms with Crippen molar-refractivity contribution in [2.75, 3.05) is 11.4 Å². The maximum atomic E-state index is 5.82. The van der Waals surface area contributed by atoms with Crippen molar-refractivity contribution in [3.8, 4) is 0 Å². The highest BCUT2D eigenvalue weighted by molar-refractivity contribution is 5.40. The maximum absolute atomic E-state index is 5.82. The molecule has 6 heteroatoms. The number of hydrogen-bond donors (Lipinski definition) is 1. The first kappa shape index (κ1) is 11.2. The van der Waals surface area contributed by atoms with E-state index in [4.69, 9.17) is 5.73 Å². The summed E-state index contributed by atoms with van der Waals surface area (Å²) in [6.07, 6.45) is 3.62. The number of nitrogens with zero attached hydrogens (tertiary/aromatic N) is 5. The molecule has 94 valence electrons.